The van der Waals surface area contributed by atoms with E-state index in [1.807, 2.05) is 6.92 Å². The van der Waals surface area contributed by atoms with E-state index in [-0.39, 0.29) is 34.3 Å². The third kappa shape index (κ3) is 2.87. The molecule has 0 radical (unpaired) electrons. The maximum atomic E-state index is 12.0. The maximum absolute atomic E-state index is 12.0. The molecule has 104 valence electrons. The normalized spacial score (nSPS) is 24.6. The van der Waals surface area contributed by atoms with E-state index >= 15 is 0 Å². The number of hydrogen-bond acceptors (Lipinski definition) is 4. The Balaban J connectivity index is 1.96. The molecule has 2 atom stereocenters. The van der Waals surface area contributed by atoms with Crippen LogP contribution in [0.2, 0.25) is 5.15 Å². The lowest BCUT2D eigenvalue weighted by Crippen LogP contribution is -2.62. The van der Waals surface area contributed by atoms with Gasteiger partial charge in [-0.1, -0.05) is 25.4 Å². The van der Waals surface area contributed by atoms with Crippen LogP contribution < -0.4 is 5.32 Å². The number of amides is 1. The number of hydrogen-bond donors (Lipinski definition) is 1. The molecule has 0 saturated heterocycles. The molecule has 1 aliphatic carbocycles. The quantitative estimate of drug-likeness (QED) is 0.919. The number of aromatic nitrogens is 2. The van der Waals surface area contributed by atoms with Gasteiger partial charge in [0.15, 0.2) is 0 Å². The van der Waals surface area contributed by atoms with Gasteiger partial charge in [0.1, 0.15) is 10.8 Å². The monoisotopic (exact) mass is 283 g/mol. The van der Waals surface area contributed by atoms with Crippen LogP contribution in [-0.4, -0.2) is 34.6 Å². The van der Waals surface area contributed by atoms with E-state index in [1.165, 1.54) is 12.4 Å². The second-order valence-corrected chi connectivity index (χ2v) is 5.64. The van der Waals surface area contributed by atoms with Gasteiger partial charge in [0.05, 0.1) is 18.5 Å². The Hall–Kier alpha value is -1.20. The Bertz CT molecular complexity index is 461. The van der Waals surface area contributed by atoms with Gasteiger partial charge in [-0.05, 0) is 13.3 Å². The van der Waals surface area contributed by atoms with E-state index in [2.05, 4.69) is 29.1 Å². The van der Waals surface area contributed by atoms with Crippen LogP contribution in [0.15, 0.2) is 12.4 Å². The molecule has 6 heteroatoms. The summed E-state index contributed by atoms with van der Waals surface area (Å²) in [7, 11) is 0. The summed E-state index contributed by atoms with van der Waals surface area (Å²) in [5.41, 5.74) is 0.214. The predicted molar refractivity (Wildman–Crippen MR) is 72.1 cm³/mol. The van der Waals surface area contributed by atoms with Gasteiger partial charge in [-0.2, -0.15) is 0 Å². The van der Waals surface area contributed by atoms with E-state index in [1.54, 1.807) is 0 Å². The summed E-state index contributed by atoms with van der Waals surface area (Å²) >= 11 is 5.64. The first-order valence-corrected chi connectivity index (χ1v) is 6.73. The molecule has 1 aromatic heterocycles. The molecule has 19 heavy (non-hydrogen) atoms. The summed E-state index contributed by atoms with van der Waals surface area (Å²) in [4.78, 5) is 19.8. The van der Waals surface area contributed by atoms with E-state index in [0.29, 0.717) is 6.61 Å². The second-order valence-electron chi connectivity index (χ2n) is 5.25. The highest BCUT2D eigenvalue weighted by molar-refractivity contribution is 6.29. The highest BCUT2D eigenvalue weighted by atomic mass is 35.5. The molecule has 0 bridgehead atoms. The van der Waals surface area contributed by atoms with E-state index in [4.69, 9.17) is 16.3 Å². The zero-order valence-corrected chi connectivity index (χ0v) is 12.1. The van der Waals surface area contributed by atoms with Gasteiger partial charge in [0.25, 0.3) is 5.91 Å². The summed E-state index contributed by atoms with van der Waals surface area (Å²) in [6.45, 7) is 6.85. The van der Waals surface area contributed by atoms with Crippen LogP contribution in [0.25, 0.3) is 0 Å². The topological polar surface area (TPSA) is 64.1 Å². The molecule has 2 rings (SSSR count). The molecule has 1 heterocycles. The van der Waals surface area contributed by atoms with Crippen molar-refractivity contribution < 1.29 is 9.53 Å². The minimum absolute atomic E-state index is 0.0640. The van der Waals surface area contributed by atoms with Gasteiger partial charge in [-0.3, -0.25) is 4.79 Å². The van der Waals surface area contributed by atoms with Crippen LogP contribution in [-0.2, 0) is 4.74 Å². The lowest BCUT2D eigenvalue weighted by Gasteiger charge is -2.51. The van der Waals surface area contributed by atoms with Crippen molar-refractivity contribution in [3.8, 4) is 0 Å². The molecule has 1 aliphatic rings. The number of halogens is 1. The number of nitrogens with zero attached hydrogens (tertiary/aromatic N) is 2. The summed E-state index contributed by atoms with van der Waals surface area (Å²) in [6, 6.07) is 0.0917. The van der Waals surface area contributed by atoms with Crippen molar-refractivity contribution in [2.45, 2.75) is 39.3 Å². The van der Waals surface area contributed by atoms with Crippen molar-refractivity contribution in [1.82, 2.24) is 15.3 Å². The standard InChI is InChI=1S/C13H18ClN3O2/c1-4-19-10-5-9(13(10,2)3)17-12(18)8-6-16-11(14)7-15-8/h6-7,9-10H,4-5H2,1-3H3,(H,17,18). The third-order valence-corrected chi connectivity index (χ3v) is 3.90. The predicted octanol–water partition coefficient (Wildman–Crippen LogP) is 2.06. The first-order valence-electron chi connectivity index (χ1n) is 6.35. The minimum Gasteiger partial charge on any atom is -0.378 e. The van der Waals surface area contributed by atoms with Crippen molar-refractivity contribution in [1.29, 1.82) is 0 Å². The zero-order valence-electron chi connectivity index (χ0n) is 11.3. The van der Waals surface area contributed by atoms with Gasteiger partial charge in [0, 0.05) is 18.1 Å². The largest absolute Gasteiger partial charge is 0.378 e. The smallest absolute Gasteiger partial charge is 0.271 e. The van der Waals surface area contributed by atoms with Gasteiger partial charge in [-0.25, -0.2) is 9.97 Å². The van der Waals surface area contributed by atoms with Crippen LogP contribution in [0.1, 0.15) is 37.7 Å². The fourth-order valence-corrected chi connectivity index (χ4v) is 2.37. The van der Waals surface area contributed by atoms with Crippen LogP contribution in [0.5, 0.6) is 0 Å². The number of nitrogens with one attached hydrogen (secondary N) is 1. The lowest BCUT2D eigenvalue weighted by atomic mass is 9.64. The highest BCUT2D eigenvalue weighted by Gasteiger charge is 2.49. The molecule has 1 N–H and O–H groups in total. The van der Waals surface area contributed by atoms with Gasteiger partial charge < -0.3 is 10.1 Å². The average molecular weight is 284 g/mol. The van der Waals surface area contributed by atoms with Gasteiger partial charge >= 0.3 is 0 Å². The summed E-state index contributed by atoms with van der Waals surface area (Å²) < 4.78 is 5.63. The molecule has 2 unspecified atom stereocenters. The fraction of sp³-hybridized carbons (Fsp3) is 0.615. The van der Waals surface area contributed by atoms with Gasteiger partial charge in [0.2, 0.25) is 0 Å². The van der Waals surface area contributed by atoms with Crippen molar-refractivity contribution in [2.24, 2.45) is 5.41 Å². The van der Waals surface area contributed by atoms with E-state index in [9.17, 15) is 4.79 Å². The molecule has 0 spiro atoms. The van der Waals surface area contributed by atoms with Crippen LogP contribution in [0.4, 0.5) is 0 Å². The number of rotatable bonds is 4. The maximum Gasteiger partial charge on any atom is 0.271 e. The number of carbonyl (C=O) groups excluding carboxylic acids is 1. The molecular weight excluding hydrogens is 266 g/mol. The molecule has 0 aliphatic heterocycles. The van der Waals surface area contributed by atoms with E-state index in [0.717, 1.165) is 6.42 Å². The highest BCUT2D eigenvalue weighted by Crippen LogP contribution is 2.42. The van der Waals surface area contributed by atoms with Crippen molar-refractivity contribution in [2.75, 3.05) is 6.61 Å². The Kier molecular flexibility index (Phi) is 4.06. The summed E-state index contributed by atoms with van der Waals surface area (Å²) in [5, 5.41) is 3.24. The van der Waals surface area contributed by atoms with Crippen molar-refractivity contribution >= 4 is 17.5 Å². The van der Waals surface area contributed by atoms with Crippen LogP contribution >= 0.6 is 11.6 Å². The zero-order chi connectivity index (χ0) is 14.0. The Labute approximate surface area is 117 Å². The van der Waals surface area contributed by atoms with Crippen molar-refractivity contribution in [3.05, 3.63) is 23.2 Å². The Morgan fingerprint density at radius 1 is 1.53 bits per heavy atom. The molecule has 5 nitrogen and oxygen atoms in total. The first kappa shape index (κ1) is 14.2. The number of ether oxygens (including phenoxy) is 1. The number of carbonyl (C=O) groups is 1. The molecular formula is C13H18ClN3O2. The van der Waals surface area contributed by atoms with Crippen LogP contribution in [0.3, 0.4) is 0 Å². The summed E-state index contributed by atoms with van der Waals surface area (Å²) in [5.74, 6) is -0.225. The fourth-order valence-electron chi connectivity index (χ4n) is 2.28. The molecule has 1 aromatic rings. The second kappa shape index (κ2) is 5.43. The minimum atomic E-state index is -0.225. The molecule has 1 saturated carbocycles. The van der Waals surface area contributed by atoms with Crippen LogP contribution in [0, 0.1) is 5.41 Å². The van der Waals surface area contributed by atoms with Gasteiger partial charge in [-0.15, -0.1) is 0 Å². The molecule has 0 aromatic carbocycles. The SMILES string of the molecule is CCOC1CC(NC(=O)c2cnc(Cl)cn2)C1(C)C. The third-order valence-electron chi connectivity index (χ3n) is 3.70. The average Bonchev–Trinajstić information content (AvgIpc) is 2.38. The lowest BCUT2D eigenvalue weighted by molar-refractivity contribution is -0.111. The summed E-state index contributed by atoms with van der Waals surface area (Å²) in [6.07, 6.45) is 3.77. The first-order chi connectivity index (χ1) is 8.95. The molecule has 1 fully saturated rings. The Morgan fingerprint density at radius 3 is 2.79 bits per heavy atom. The van der Waals surface area contributed by atoms with E-state index < -0.39 is 0 Å². The molecule has 1 amide bonds. The Morgan fingerprint density at radius 2 is 2.26 bits per heavy atom. The van der Waals surface area contributed by atoms with Crippen molar-refractivity contribution in [3.63, 3.8) is 0 Å².